The van der Waals surface area contributed by atoms with E-state index < -0.39 is 28.9 Å². The Hall–Kier alpha value is -3.15. The minimum atomic E-state index is -1.55. The van der Waals surface area contributed by atoms with Gasteiger partial charge in [0.1, 0.15) is 18.8 Å². The lowest BCUT2D eigenvalue weighted by Gasteiger charge is -2.39. The number of fused-ring (bicyclic) bond motifs is 1. The van der Waals surface area contributed by atoms with Gasteiger partial charge in [-0.1, -0.05) is 60.7 Å². The molecule has 6 heteroatoms. The molecule has 150 valence electrons. The van der Waals surface area contributed by atoms with Gasteiger partial charge in [-0.15, -0.1) is 0 Å². The van der Waals surface area contributed by atoms with E-state index in [0.29, 0.717) is 0 Å². The lowest BCUT2D eigenvalue weighted by Crippen LogP contribution is -2.51. The van der Waals surface area contributed by atoms with E-state index in [4.69, 9.17) is 14.2 Å². The molecule has 0 aromatic heterocycles. The molecule has 1 saturated heterocycles. The molecule has 0 amide bonds. The molecule has 1 aliphatic carbocycles. The van der Waals surface area contributed by atoms with Gasteiger partial charge in [-0.3, -0.25) is 14.4 Å². The summed E-state index contributed by atoms with van der Waals surface area (Å²) in [6.45, 7) is 1.84. The second-order valence-corrected chi connectivity index (χ2v) is 7.87. The molecule has 0 unspecified atom stereocenters. The van der Waals surface area contributed by atoms with E-state index in [2.05, 4.69) is 0 Å². The van der Waals surface area contributed by atoms with E-state index in [1.807, 2.05) is 60.7 Å². The average molecular weight is 394 g/mol. The summed E-state index contributed by atoms with van der Waals surface area (Å²) in [5, 5.41) is 0. The van der Waals surface area contributed by atoms with E-state index in [9.17, 15) is 14.4 Å². The van der Waals surface area contributed by atoms with Crippen molar-refractivity contribution in [1.29, 1.82) is 0 Å². The maximum Gasteiger partial charge on any atom is 0.324 e. The molecule has 29 heavy (non-hydrogen) atoms. The van der Waals surface area contributed by atoms with Gasteiger partial charge in [0.05, 0.1) is 5.92 Å². The summed E-state index contributed by atoms with van der Waals surface area (Å²) >= 11 is 0. The van der Waals surface area contributed by atoms with Crippen LogP contribution in [-0.4, -0.2) is 23.5 Å². The maximum atomic E-state index is 13.1. The Morgan fingerprint density at radius 3 is 1.83 bits per heavy atom. The Balaban J connectivity index is 1.52. The predicted octanol–water partition coefficient (Wildman–Crippen LogP) is 3.19. The number of ether oxygens (including phenoxy) is 3. The molecule has 2 aromatic rings. The third-order valence-corrected chi connectivity index (χ3v) is 5.77. The van der Waals surface area contributed by atoms with Crippen molar-refractivity contribution >= 4 is 17.9 Å². The van der Waals surface area contributed by atoms with Gasteiger partial charge in [0, 0.05) is 6.42 Å². The van der Waals surface area contributed by atoms with Crippen LogP contribution in [0, 0.1) is 11.3 Å². The lowest BCUT2D eigenvalue weighted by atomic mass is 9.84. The maximum absolute atomic E-state index is 13.1. The summed E-state index contributed by atoms with van der Waals surface area (Å²) in [5.41, 5.74) is -0.759. The van der Waals surface area contributed by atoms with E-state index in [-0.39, 0.29) is 32.0 Å². The molecule has 6 nitrogen and oxygen atoms in total. The highest BCUT2D eigenvalue weighted by molar-refractivity contribution is 6.02. The van der Waals surface area contributed by atoms with Crippen LogP contribution in [0.2, 0.25) is 0 Å². The molecule has 1 heterocycles. The first-order chi connectivity index (χ1) is 13.9. The monoisotopic (exact) mass is 394 g/mol. The smallest absolute Gasteiger partial charge is 0.324 e. The zero-order valence-corrected chi connectivity index (χ0v) is 16.1. The second-order valence-electron chi connectivity index (χ2n) is 7.87. The van der Waals surface area contributed by atoms with Gasteiger partial charge in [0.15, 0.2) is 5.41 Å². The van der Waals surface area contributed by atoms with E-state index >= 15 is 0 Å². The molecule has 1 saturated carbocycles. The number of rotatable bonds is 6. The quantitative estimate of drug-likeness (QED) is 0.425. The zero-order chi connectivity index (χ0) is 20.5. The van der Waals surface area contributed by atoms with E-state index in [1.54, 1.807) is 6.92 Å². The molecule has 0 radical (unpaired) electrons. The average Bonchev–Trinajstić information content (AvgIpc) is 3.00. The van der Waals surface area contributed by atoms with E-state index in [1.165, 1.54) is 0 Å². The van der Waals surface area contributed by atoms with Crippen molar-refractivity contribution in [2.24, 2.45) is 11.3 Å². The molecule has 0 N–H and O–H groups in total. The molecule has 2 aromatic carbocycles. The SMILES string of the molecule is C[C@@]12CC(C(=O)OCc3ccccc3)(C(=O)OCc3ccccc3)C[C@@H]1C(=O)O2. The van der Waals surface area contributed by atoms with Crippen LogP contribution in [0.25, 0.3) is 0 Å². The minimum Gasteiger partial charge on any atom is -0.460 e. The lowest BCUT2D eigenvalue weighted by molar-refractivity contribution is -0.202. The first kappa shape index (κ1) is 19.2. The molecule has 2 atom stereocenters. The second kappa shape index (κ2) is 7.35. The molecular formula is C23H22O6. The molecule has 4 rings (SSSR count). The summed E-state index contributed by atoms with van der Waals surface area (Å²) in [6.07, 6.45) is 0.112. The van der Waals surface area contributed by atoms with Crippen molar-refractivity contribution in [3.05, 3.63) is 71.8 Å². The van der Waals surface area contributed by atoms with Gasteiger partial charge in [-0.2, -0.15) is 0 Å². The van der Waals surface area contributed by atoms with Crippen LogP contribution in [0.1, 0.15) is 30.9 Å². The molecule has 2 aliphatic rings. The van der Waals surface area contributed by atoms with Crippen LogP contribution >= 0.6 is 0 Å². The van der Waals surface area contributed by atoms with E-state index in [0.717, 1.165) is 11.1 Å². The summed E-state index contributed by atoms with van der Waals surface area (Å²) in [7, 11) is 0. The van der Waals surface area contributed by atoms with Gasteiger partial charge < -0.3 is 14.2 Å². The van der Waals surface area contributed by atoms with Crippen molar-refractivity contribution < 1.29 is 28.6 Å². The number of carbonyl (C=O) groups excluding carboxylic acids is 3. The molecule has 1 aliphatic heterocycles. The summed E-state index contributed by atoms with van der Waals surface area (Å²) < 4.78 is 16.3. The normalized spacial score (nSPS) is 24.0. The Bertz CT molecular complexity index is 867. The van der Waals surface area contributed by atoms with Crippen molar-refractivity contribution in [2.45, 2.75) is 38.6 Å². The number of esters is 3. The van der Waals surface area contributed by atoms with Crippen LogP contribution in [0.4, 0.5) is 0 Å². The van der Waals surface area contributed by atoms with Gasteiger partial charge in [-0.05, 0) is 24.5 Å². The van der Waals surface area contributed by atoms with Crippen molar-refractivity contribution in [3.8, 4) is 0 Å². The third-order valence-electron chi connectivity index (χ3n) is 5.77. The first-order valence-corrected chi connectivity index (χ1v) is 9.58. The molecule has 0 bridgehead atoms. The Morgan fingerprint density at radius 1 is 0.931 bits per heavy atom. The van der Waals surface area contributed by atoms with Crippen LogP contribution in [0.5, 0.6) is 0 Å². The summed E-state index contributed by atoms with van der Waals surface area (Å²) in [5.74, 6) is -2.24. The Morgan fingerprint density at radius 2 is 1.41 bits per heavy atom. The highest BCUT2D eigenvalue weighted by atomic mass is 16.6. The topological polar surface area (TPSA) is 78.9 Å². The number of hydrogen-bond donors (Lipinski definition) is 0. The van der Waals surface area contributed by atoms with Gasteiger partial charge in [0.2, 0.25) is 0 Å². The van der Waals surface area contributed by atoms with Crippen molar-refractivity contribution in [1.82, 2.24) is 0 Å². The molecular weight excluding hydrogens is 372 g/mol. The third kappa shape index (κ3) is 3.50. The predicted molar refractivity (Wildman–Crippen MR) is 102 cm³/mol. The largest absolute Gasteiger partial charge is 0.460 e. The van der Waals surface area contributed by atoms with Gasteiger partial charge in [0.25, 0.3) is 0 Å². The fraction of sp³-hybridized carbons (Fsp3) is 0.348. The highest BCUT2D eigenvalue weighted by Crippen LogP contribution is 2.57. The summed E-state index contributed by atoms with van der Waals surface area (Å²) in [6, 6.07) is 18.4. The zero-order valence-electron chi connectivity index (χ0n) is 16.1. The van der Waals surface area contributed by atoms with Gasteiger partial charge in [-0.25, -0.2) is 0 Å². The Kier molecular flexibility index (Phi) is 4.86. The van der Waals surface area contributed by atoms with Crippen LogP contribution < -0.4 is 0 Å². The van der Waals surface area contributed by atoms with Gasteiger partial charge >= 0.3 is 17.9 Å². The minimum absolute atomic E-state index is 0.0452. The first-order valence-electron chi connectivity index (χ1n) is 9.58. The molecule has 0 spiro atoms. The highest BCUT2D eigenvalue weighted by Gasteiger charge is 2.70. The standard InChI is InChI=1S/C23H22O6/c1-22-15-23(12-18(22)19(24)29-22,20(25)27-13-16-8-4-2-5-9-16)21(26)28-14-17-10-6-3-7-11-17/h2-11,18H,12-15H2,1H3/t18-,22-/m1/s1. The number of carbonyl (C=O) groups is 3. The van der Waals surface area contributed by atoms with Crippen LogP contribution in [0.15, 0.2) is 60.7 Å². The number of hydrogen-bond acceptors (Lipinski definition) is 6. The Labute approximate surface area is 168 Å². The fourth-order valence-corrected chi connectivity index (χ4v) is 4.16. The van der Waals surface area contributed by atoms with Crippen LogP contribution in [-0.2, 0) is 41.8 Å². The number of benzene rings is 2. The van der Waals surface area contributed by atoms with Crippen molar-refractivity contribution in [2.75, 3.05) is 0 Å². The molecule has 2 fully saturated rings. The van der Waals surface area contributed by atoms with Crippen LogP contribution in [0.3, 0.4) is 0 Å². The summed E-state index contributed by atoms with van der Waals surface area (Å²) in [4.78, 5) is 38.0. The fourth-order valence-electron chi connectivity index (χ4n) is 4.16. The van der Waals surface area contributed by atoms with Crippen molar-refractivity contribution in [3.63, 3.8) is 0 Å².